The molecule has 0 unspecified atom stereocenters. The van der Waals surface area contributed by atoms with Gasteiger partial charge in [0.05, 0.1) is 17.2 Å². The number of rotatable bonds is 1. The molecule has 0 bridgehead atoms. The molecule has 5 heteroatoms. The van der Waals surface area contributed by atoms with Gasteiger partial charge in [-0.05, 0) is 13.0 Å². The summed E-state index contributed by atoms with van der Waals surface area (Å²) in [5.74, 6) is -2.03. The van der Waals surface area contributed by atoms with E-state index in [0.29, 0.717) is 6.54 Å². The van der Waals surface area contributed by atoms with E-state index in [0.717, 1.165) is 12.1 Å². The van der Waals surface area contributed by atoms with Gasteiger partial charge in [0.1, 0.15) is 0 Å². The second-order valence-corrected chi connectivity index (χ2v) is 3.12. The summed E-state index contributed by atoms with van der Waals surface area (Å²) in [5.41, 5.74) is -0.190. The lowest BCUT2D eigenvalue weighted by Gasteiger charge is -2.03. The molecule has 1 aromatic heterocycles. The molecule has 0 amide bonds. The van der Waals surface area contributed by atoms with Crippen LogP contribution in [-0.2, 0) is 6.54 Å². The molecular weight excluding hydrogens is 202 g/mol. The van der Waals surface area contributed by atoms with Gasteiger partial charge < -0.3 is 0 Å². The Morgan fingerprint density at radius 3 is 2.67 bits per heavy atom. The Morgan fingerprint density at radius 2 is 2.00 bits per heavy atom. The molecule has 0 aliphatic rings. The molecule has 0 aliphatic carbocycles. The summed E-state index contributed by atoms with van der Waals surface area (Å²) in [6, 6.07) is 1.80. The van der Waals surface area contributed by atoms with E-state index in [1.165, 1.54) is 10.9 Å². The minimum absolute atomic E-state index is 0.0956. The average Bonchev–Trinajstić information content (AvgIpc) is 2.22. The summed E-state index contributed by atoms with van der Waals surface area (Å²) in [6.45, 7) is 2.22. The van der Waals surface area contributed by atoms with Crippen molar-refractivity contribution in [1.29, 1.82) is 0 Å². The van der Waals surface area contributed by atoms with E-state index in [4.69, 9.17) is 0 Å². The maximum Gasteiger partial charge on any atom is 0.261 e. The van der Waals surface area contributed by atoms with E-state index >= 15 is 0 Å². The van der Waals surface area contributed by atoms with Gasteiger partial charge in [0.2, 0.25) is 0 Å². The zero-order valence-corrected chi connectivity index (χ0v) is 8.00. The molecule has 0 N–H and O–H groups in total. The lowest BCUT2D eigenvalue weighted by molar-refractivity contribution is 0.510. The van der Waals surface area contributed by atoms with Gasteiger partial charge in [-0.3, -0.25) is 9.36 Å². The van der Waals surface area contributed by atoms with E-state index in [2.05, 4.69) is 4.98 Å². The number of aryl methyl sites for hydroxylation is 1. The molecule has 2 aromatic rings. The fourth-order valence-electron chi connectivity index (χ4n) is 1.38. The number of nitrogens with zero attached hydrogens (tertiary/aromatic N) is 2. The summed E-state index contributed by atoms with van der Waals surface area (Å²) in [6.07, 6.45) is 1.32. The highest BCUT2D eigenvalue weighted by atomic mass is 19.2. The van der Waals surface area contributed by atoms with Gasteiger partial charge in [-0.15, -0.1) is 0 Å². The second-order valence-electron chi connectivity index (χ2n) is 3.12. The zero-order valence-electron chi connectivity index (χ0n) is 8.00. The van der Waals surface area contributed by atoms with E-state index in [9.17, 15) is 13.6 Å². The molecule has 0 fully saturated rings. The first kappa shape index (κ1) is 9.76. The summed E-state index contributed by atoms with van der Waals surface area (Å²) in [7, 11) is 0. The van der Waals surface area contributed by atoms with E-state index in [-0.39, 0.29) is 16.5 Å². The van der Waals surface area contributed by atoms with Crippen LogP contribution in [0.1, 0.15) is 6.92 Å². The molecule has 1 aromatic carbocycles. The van der Waals surface area contributed by atoms with Gasteiger partial charge in [-0.1, -0.05) is 0 Å². The van der Waals surface area contributed by atoms with Crippen molar-refractivity contribution in [3.8, 4) is 0 Å². The van der Waals surface area contributed by atoms with Crippen LogP contribution in [0, 0.1) is 11.6 Å². The van der Waals surface area contributed by atoms with E-state index < -0.39 is 11.6 Å². The molecule has 78 valence electrons. The second kappa shape index (κ2) is 3.42. The predicted octanol–water partition coefficient (Wildman–Crippen LogP) is 1.69. The molecular formula is C10H8F2N2O. The van der Waals surface area contributed by atoms with Crippen molar-refractivity contribution in [2.45, 2.75) is 13.5 Å². The van der Waals surface area contributed by atoms with Crippen molar-refractivity contribution in [1.82, 2.24) is 9.55 Å². The molecule has 2 rings (SSSR count). The standard InChI is InChI=1S/C10H8F2N2O/c1-2-14-5-13-9-4-8(12)7(11)3-6(9)10(14)15/h3-5H,2H2,1H3. The minimum Gasteiger partial charge on any atom is -0.299 e. The molecule has 3 nitrogen and oxygen atoms in total. The third-order valence-corrected chi connectivity index (χ3v) is 2.21. The van der Waals surface area contributed by atoms with Crippen molar-refractivity contribution in [3.05, 3.63) is 40.4 Å². The summed E-state index contributed by atoms with van der Waals surface area (Å²) in [5, 5.41) is 0.0956. The van der Waals surface area contributed by atoms with Crippen molar-refractivity contribution in [2.24, 2.45) is 0 Å². The lowest BCUT2D eigenvalue weighted by atomic mass is 10.2. The Balaban J connectivity index is 2.88. The quantitative estimate of drug-likeness (QED) is 0.718. The molecule has 1 heterocycles. The summed E-state index contributed by atoms with van der Waals surface area (Å²) < 4.78 is 27.1. The normalized spacial score (nSPS) is 10.9. The highest BCUT2D eigenvalue weighted by Crippen LogP contribution is 2.12. The predicted molar refractivity (Wildman–Crippen MR) is 51.6 cm³/mol. The largest absolute Gasteiger partial charge is 0.299 e. The fourth-order valence-corrected chi connectivity index (χ4v) is 1.38. The molecule has 15 heavy (non-hydrogen) atoms. The topological polar surface area (TPSA) is 34.9 Å². The van der Waals surface area contributed by atoms with Crippen molar-refractivity contribution >= 4 is 10.9 Å². The van der Waals surface area contributed by atoms with E-state index in [1.54, 1.807) is 6.92 Å². The first-order chi connectivity index (χ1) is 7.13. The Bertz CT molecular complexity index is 577. The Kier molecular flexibility index (Phi) is 2.22. The average molecular weight is 210 g/mol. The molecule has 0 spiro atoms. The van der Waals surface area contributed by atoms with Crippen molar-refractivity contribution in [3.63, 3.8) is 0 Å². The number of hydrogen-bond acceptors (Lipinski definition) is 2. The maximum absolute atomic E-state index is 12.9. The molecule has 0 radical (unpaired) electrons. The van der Waals surface area contributed by atoms with Crippen LogP contribution >= 0.6 is 0 Å². The Hall–Kier alpha value is -1.78. The number of hydrogen-bond donors (Lipinski definition) is 0. The van der Waals surface area contributed by atoms with Crippen LogP contribution in [-0.4, -0.2) is 9.55 Å². The van der Waals surface area contributed by atoms with Gasteiger partial charge in [0.15, 0.2) is 11.6 Å². The summed E-state index contributed by atoms with van der Waals surface area (Å²) in [4.78, 5) is 15.5. The zero-order chi connectivity index (χ0) is 11.0. The van der Waals surface area contributed by atoms with Crippen LogP contribution in [0.4, 0.5) is 8.78 Å². The fraction of sp³-hybridized carbons (Fsp3) is 0.200. The Labute approximate surface area is 84.0 Å². The van der Waals surface area contributed by atoms with Gasteiger partial charge in [-0.25, -0.2) is 13.8 Å². The van der Waals surface area contributed by atoms with Crippen molar-refractivity contribution < 1.29 is 8.78 Å². The van der Waals surface area contributed by atoms with Crippen molar-refractivity contribution in [2.75, 3.05) is 0 Å². The maximum atomic E-state index is 12.9. The number of fused-ring (bicyclic) bond motifs is 1. The first-order valence-corrected chi connectivity index (χ1v) is 4.47. The number of halogens is 2. The van der Waals surface area contributed by atoms with Crippen LogP contribution < -0.4 is 5.56 Å². The lowest BCUT2D eigenvalue weighted by Crippen LogP contribution is -2.19. The van der Waals surface area contributed by atoms with Crippen LogP contribution in [0.3, 0.4) is 0 Å². The smallest absolute Gasteiger partial charge is 0.261 e. The number of benzene rings is 1. The van der Waals surface area contributed by atoms with Gasteiger partial charge in [-0.2, -0.15) is 0 Å². The minimum atomic E-state index is -1.03. The molecule has 0 atom stereocenters. The van der Waals surface area contributed by atoms with Crippen LogP contribution in [0.2, 0.25) is 0 Å². The third-order valence-electron chi connectivity index (χ3n) is 2.21. The Morgan fingerprint density at radius 1 is 1.33 bits per heavy atom. The third kappa shape index (κ3) is 1.49. The molecule has 0 saturated heterocycles. The van der Waals surface area contributed by atoms with Gasteiger partial charge >= 0.3 is 0 Å². The summed E-state index contributed by atoms with van der Waals surface area (Å²) >= 11 is 0. The highest BCUT2D eigenvalue weighted by molar-refractivity contribution is 5.77. The molecule has 0 saturated carbocycles. The van der Waals surface area contributed by atoms with Gasteiger partial charge in [0, 0.05) is 12.6 Å². The monoisotopic (exact) mass is 210 g/mol. The van der Waals surface area contributed by atoms with Crippen LogP contribution in [0.15, 0.2) is 23.3 Å². The SMILES string of the molecule is CCn1cnc2cc(F)c(F)cc2c1=O. The van der Waals surface area contributed by atoms with Crippen LogP contribution in [0.25, 0.3) is 10.9 Å². The van der Waals surface area contributed by atoms with Gasteiger partial charge in [0.25, 0.3) is 5.56 Å². The highest BCUT2D eigenvalue weighted by Gasteiger charge is 2.08. The number of aromatic nitrogens is 2. The van der Waals surface area contributed by atoms with Crippen LogP contribution in [0.5, 0.6) is 0 Å². The molecule has 0 aliphatic heterocycles. The van der Waals surface area contributed by atoms with E-state index in [1.807, 2.05) is 0 Å². The first-order valence-electron chi connectivity index (χ1n) is 4.47.